The predicted molar refractivity (Wildman–Crippen MR) is 87.4 cm³/mol. The second kappa shape index (κ2) is 6.91. The van der Waals surface area contributed by atoms with E-state index in [1.807, 2.05) is 13.1 Å². The summed E-state index contributed by atoms with van der Waals surface area (Å²) in [7, 11) is 3.68. The summed E-state index contributed by atoms with van der Waals surface area (Å²) in [6.45, 7) is 2.19. The van der Waals surface area contributed by atoms with Gasteiger partial charge in [-0.3, -0.25) is 0 Å². The van der Waals surface area contributed by atoms with Gasteiger partial charge in [-0.15, -0.1) is 0 Å². The van der Waals surface area contributed by atoms with Gasteiger partial charge >= 0.3 is 0 Å². The summed E-state index contributed by atoms with van der Waals surface area (Å²) in [4.78, 5) is 0. The van der Waals surface area contributed by atoms with Crippen molar-refractivity contribution in [1.82, 2.24) is 5.32 Å². The molecular formula is C17H20BrNO. The van der Waals surface area contributed by atoms with E-state index < -0.39 is 0 Å². The Balaban J connectivity index is 2.44. The molecule has 2 nitrogen and oxygen atoms in total. The summed E-state index contributed by atoms with van der Waals surface area (Å²) in [6.07, 6.45) is 1.03. The molecule has 0 heterocycles. The zero-order valence-corrected chi connectivity index (χ0v) is 13.7. The van der Waals surface area contributed by atoms with E-state index in [9.17, 15) is 0 Å². The van der Waals surface area contributed by atoms with Crippen LogP contribution in [0.2, 0.25) is 0 Å². The molecule has 0 spiro atoms. The van der Waals surface area contributed by atoms with Crippen LogP contribution in [0.5, 0.6) is 5.75 Å². The fourth-order valence-electron chi connectivity index (χ4n) is 2.50. The van der Waals surface area contributed by atoms with Gasteiger partial charge in [0.1, 0.15) is 5.75 Å². The molecule has 3 heteroatoms. The molecule has 0 aliphatic carbocycles. The van der Waals surface area contributed by atoms with Crippen LogP contribution < -0.4 is 10.1 Å². The van der Waals surface area contributed by atoms with E-state index in [-0.39, 0.29) is 6.04 Å². The SMILES string of the molecule is CCc1ccccc1C(NC)c1ccc(OC)c(Br)c1. The van der Waals surface area contributed by atoms with Crippen molar-refractivity contribution in [3.63, 3.8) is 0 Å². The molecule has 0 radical (unpaired) electrons. The average molecular weight is 334 g/mol. The molecule has 0 aliphatic heterocycles. The maximum Gasteiger partial charge on any atom is 0.133 e. The molecule has 0 aliphatic rings. The van der Waals surface area contributed by atoms with Crippen LogP contribution in [0, 0.1) is 0 Å². The number of rotatable bonds is 5. The average Bonchev–Trinajstić information content (AvgIpc) is 2.49. The number of methoxy groups -OCH3 is 1. The van der Waals surface area contributed by atoms with E-state index in [0.717, 1.165) is 16.6 Å². The second-order valence-corrected chi connectivity index (χ2v) is 5.52. The van der Waals surface area contributed by atoms with Gasteiger partial charge in [-0.25, -0.2) is 0 Å². The van der Waals surface area contributed by atoms with Crippen molar-refractivity contribution in [2.75, 3.05) is 14.2 Å². The Kier molecular flexibility index (Phi) is 5.21. The van der Waals surface area contributed by atoms with Gasteiger partial charge in [0.25, 0.3) is 0 Å². The van der Waals surface area contributed by atoms with Crippen molar-refractivity contribution < 1.29 is 4.74 Å². The summed E-state index contributed by atoms with van der Waals surface area (Å²) >= 11 is 3.56. The van der Waals surface area contributed by atoms with Crippen LogP contribution in [0.4, 0.5) is 0 Å². The number of benzene rings is 2. The quantitative estimate of drug-likeness (QED) is 0.879. The van der Waals surface area contributed by atoms with Crippen LogP contribution in [-0.4, -0.2) is 14.2 Å². The first kappa shape index (κ1) is 15.1. The maximum absolute atomic E-state index is 5.30. The normalized spacial score (nSPS) is 12.2. The highest BCUT2D eigenvalue weighted by Crippen LogP contribution is 2.31. The number of nitrogens with one attached hydrogen (secondary N) is 1. The van der Waals surface area contributed by atoms with E-state index in [1.54, 1.807) is 7.11 Å². The minimum Gasteiger partial charge on any atom is -0.496 e. The Morgan fingerprint density at radius 2 is 1.95 bits per heavy atom. The highest BCUT2D eigenvalue weighted by atomic mass is 79.9. The first-order valence-electron chi connectivity index (χ1n) is 6.79. The maximum atomic E-state index is 5.30. The van der Waals surface area contributed by atoms with E-state index in [2.05, 4.69) is 64.6 Å². The molecule has 0 saturated carbocycles. The number of halogens is 1. The summed E-state index contributed by atoms with van der Waals surface area (Å²) < 4.78 is 6.28. The highest BCUT2D eigenvalue weighted by Gasteiger charge is 2.16. The van der Waals surface area contributed by atoms with Gasteiger partial charge in [0.15, 0.2) is 0 Å². The number of hydrogen-bond acceptors (Lipinski definition) is 2. The van der Waals surface area contributed by atoms with Crippen molar-refractivity contribution in [3.05, 3.63) is 63.6 Å². The molecule has 2 aromatic carbocycles. The lowest BCUT2D eigenvalue weighted by molar-refractivity contribution is 0.412. The van der Waals surface area contributed by atoms with Gasteiger partial charge in [-0.1, -0.05) is 37.3 Å². The summed E-state index contributed by atoms with van der Waals surface area (Å²) in [5, 5.41) is 3.41. The molecule has 0 saturated heterocycles. The summed E-state index contributed by atoms with van der Waals surface area (Å²) in [5.74, 6) is 0.854. The Labute approximate surface area is 129 Å². The summed E-state index contributed by atoms with van der Waals surface area (Å²) in [5.41, 5.74) is 3.93. The van der Waals surface area contributed by atoms with Crippen LogP contribution >= 0.6 is 15.9 Å². The summed E-state index contributed by atoms with van der Waals surface area (Å²) in [6, 6.07) is 15.0. The number of hydrogen-bond donors (Lipinski definition) is 1. The van der Waals surface area contributed by atoms with Crippen LogP contribution in [0.1, 0.15) is 29.7 Å². The van der Waals surface area contributed by atoms with Gasteiger partial charge in [-0.05, 0) is 58.2 Å². The topological polar surface area (TPSA) is 21.3 Å². The van der Waals surface area contributed by atoms with Crippen molar-refractivity contribution >= 4 is 15.9 Å². The second-order valence-electron chi connectivity index (χ2n) is 4.67. The fourth-order valence-corrected chi connectivity index (χ4v) is 3.06. The predicted octanol–water partition coefficient (Wildman–Crippen LogP) is 4.33. The molecule has 20 heavy (non-hydrogen) atoms. The fraction of sp³-hybridized carbons (Fsp3) is 0.294. The lowest BCUT2D eigenvalue weighted by atomic mass is 9.93. The van der Waals surface area contributed by atoms with Gasteiger partial charge in [-0.2, -0.15) is 0 Å². The van der Waals surface area contributed by atoms with E-state index in [4.69, 9.17) is 4.74 Å². The molecule has 106 valence electrons. The van der Waals surface area contributed by atoms with Crippen LogP contribution in [0.3, 0.4) is 0 Å². The van der Waals surface area contributed by atoms with Crippen molar-refractivity contribution in [2.45, 2.75) is 19.4 Å². The monoisotopic (exact) mass is 333 g/mol. The minimum absolute atomic E-state index is 0.188. The smallest absolute Gasteiger partial charge is 0.133 e. The van der Waals surface area contributed by atoms with Crippen molar-refractivity contribution in [2.24, 2.45) is 0 Å². The third kappa shape index (κ3) is 3.05. The van der Waals surface area contributed by atoms with E-state index in [0.29, 0.717) is 0 Å². The third-order valence-electron chi connectivity index (χ3n) is 3.54. The highest BCUT2D eigenvalue weighted by molar-refractivity contribution is 9.10. The zero-order chi connectivity index (χ0) is 14.5. The Hall–Kier alpha value is -1.32. The third-order valence-corrected chi connectivity index (χ3v) is 4.16. The lowest BCUT2D eigenvalue weighted by Gasteiger charge is -2.21. The largest absolute Gasteiger partial charge is 0.496 e. The zero-order valence-electron chi connectivity index (χ0n) is 12.1. The first-order chi connectivity index (χ1) is 9.71. The van der Waals surface area contributed by atoms with Gasteiger partial charge in [0, 0.05) is 0 Å². The first-order valence-corrected chi connectivity index (χ1v) is 7.59. The molecule has 1 unspecified atom stereocenters. The molecular weight excluding hydrogens is 314 g/mol. The standard InChI is InChI=1S/C17H20BrNO/c1-4-12-7-5-6-8-14(12)17(19-2)13-9-10-16(20-3)15(18)11-13/h5-11,17,19H,4H2,1-3H3. The molecule has 1 N–H and O–H groups in total. The van der Waals surface area contributed by atoms with Crippen LogP contribution in [-0.2, 0) is 6.42 Å². The van der Waals surface area contributed by atoms with Gasteiger partial charge in [0.2, 0.25) is 0 Å². The van der Waals surface area contributed by atoms with Gasteiger partial charge < -0.3 is 10.1 Å². The molecule has 0 fully saturated rings. The molecule has 0 bridgehead atoms. The van der Waals surface area contributed by atoms with E-state index in [1.165, 1.54) is 16.7 Å². The van der Waals surface area contributed by atoms with E-state index >= 15 is 0 Å². The lowest BCUT2D eigenvalue weighted by Crippen LogP contribution is -2.19. The van der Waals surface area contributed by atoms with Crippen LogP contribution in [0.15, 0.2) is 46.9 Å². The number of ether oxygens (including phenoxy) is 1. The Morgan fingerprint density at radius 3 is 2.55 bits per heavy atom. The Bertz CT molecular complexity index is 583. The van der Waals surface area contributed by atoms with Crippen molar-refractivity contribution in [3.8, 4) is 5.75 Å². The van der Waals surface area contributed by atoms with Crippen molar-refractivity contribution in [1.29, 1.82) is 0 Å². The molecule has 1 atom stereocenters. The molecule has 2 aromatic rings. The molecule has 2 rings (SSSR count). The molecule has 0 aromatic heterocycles. The molecule has 0 amide bonds. The Morgan fingerprint density at radius 1 is 1.20 bits per heavy atom. The van der Waals surface area contributed by atoms with Crippen LogP contribution in [0.25, 0.3) is 0 Å². The van der Waals surface area contributed by atoms with Gasteiger partial charge in [0.05, 0.1) is 17.6 Å². The minimum atomic E-state index is 0.188. The number of aryl methyl sites for hydroxylation is 1.